The second-order valence-corrected chi connectivity index (χ2v) is 7.86. The van der Waals surface area contributed by atoms with E-state index < -0.39 is 0 Å². The molecule has 0 aromatic heterocycles. The first-order valence-corrected chi connectivity index (χ1v) is 9.35. The summed E-state index contributed by atoms with van der Waals surface area (Å²) in [6.45, 7) is 6.24. The summed E-state index contributed by atoms with van der Waals surface area (Å²) in [5.41, 5.74) is 4.39. The van der Waals surface area contributed by atoms with Crippen molar-refractivity contribution in [3.8, 4) is 0 Å². The Balaban J connectivity index is 2.03. The van der Waals surface area contributed by atoms with Crippen molar-refractivity contribution in [3.63, 3.8) is 0 Å². The molecule has 0 saturated carbocycles. The highest BCUT2D eigenvalue weighted by Gasteiger charge is 2.30. The second kappa shape index (κ2) is 7.08. The SMILES string of the molecule is CC(C)(C)C1=Nc2ccccc2/C(=C(/c2ccccc2)c2ccc(F)cc2)O1. The topological polar surface area (TPSA) is 21.6 Å². The van der Waals surface area contributed by atoms with Crippen molar-refractivity contribution in [2.75, 3.05) is 0 Å². The number of halogens is 1. The van der Waals surface area contributed by atoms with Crippen LogP contribution in [0.15, 0.2) is 83.9 Å². The van der Waals surface area contributed by atoms with Gasteiger partial charge < -0.3 is 4.74 Å². The lowest BCUT2D eigenvalue weighted by molar-refractivity contribution is 0.403. The number of ether oxygens (including phenoxy) is 1. The summed E-state index contributed by atoms with van der Waals surface area (Å²) in [5.74, 6) is 1.15. The van der Waals surface area contributed by atoms with Crippen molar-refractivity contribution < 1.29 is 9.13 Å². The maximum Gasteiger partial charge on any atom is 0.200 e. The Labute approximate surface area is 165 Å². The molecule has 1 aliphatic heterocycles. The van der Waals surface area contributed by atoms with Gasteiger partial charge in [0.15, 0.2) is 0 Å². The molecule has 3 heteroatoms. The molecule has 1 aliphatic rings. The quantitative estimate of drug-likeness (QED) is 0.483. The molecule has 140 valence electrons. The van der Waals surface area contributed by atoms with Crippen molar-refractivity contribution in [2.45, 2.75) is 20.8 Å². The van der Waals surface area contributed by atoms with E-state index in [0.29, 0.717) is 5.90 Å². The van der Waals surface area contributed by atoms with Gasteiger partial charge in [-0.3, -0.25) is 0 Å². The van der Waals surface area contributed by atoms with Crippen molar-refractivity contribution in [2.24, 2.45) is 10.4 Å². The van der Waals surface area contributed by atoms with E-state index in [1.165, 1.54) is 12.1 Å². The highest BCUT2D eigenvalue weighted by molar-refractivity contribution is 6.04. The third kappa shape index (κ3) is 3.48. The van der Waals surface area contributed by atoms with Crippen LogP contribution in [0.5, 0.6) is 0 Å². The zero-order valence-electron chi connectivity index (χ0n) is 16.2. The molecule has 0 saturated heterocycles. The van der Waals surface area contributed by atoms with Crippen molar-refractivity contribution in [3.05, 3.63) is 101 Å². The zero-order chi connectivity index (χ0) is 19.7. The van der Waals surface area contributed by atoms with Gasteiger partial charge in [-0.1, -0.05) is 75.4 Å². The van der Waals surface area contributed by atoms with Crippen LogP contribution in [0, 0.1) is 11.2 Å². The number of hydrogen-bond acceptors (Lipinski definition) is 2. The molecule has 0 N–H and O–H groups in total. The molecule has 0 unspecified atom stereocenters. The number of para-hydroxylation sites is 1. The van der Waals surface area contributed by atoms with Crippen LogP contribution in [-0.4, -0.2) is 5.90 Å². The lowest BCUT2D eigenvalue weighted by Crippen LogP contribution is -2.25. The Morgan fingerprint density at radius 2 is 1.39 bits per heavy atom. The van der Waals surface area contributed by atoms with Gasteiger partial charge in [-0.15, -0.1) is 0 Å². The van der Waals surface area contributed by atoms with Crippen LogP contribution in [-0.2, 0) is 4.74 Å². The Hall–Kier alpha value is -3.20. The molecule has 0 spiro atoms. The van der Waals surface area contributed by atoms with Crippen LogP contribution in [0.2, 0.25) is 0 Å². The van der Waals surface area contributed by atoms with E-state index in [4.69, 9.17) is 9.73 Å². The summed E-state index contributed by atoms with van der Waals surface area (Å²) >= 11 is 0. The summed E-state index contributed by atoms with van der Waals surface area (Å²) < 4.78 is 20.0. The highest BCUT2D eigenvalue weighted by atomic mass is 19.1. The predicted octanol–water partition coefficient (Wildman–Crippen LogP) is 6.85. The number of hydrogen-bond donors (Lipinski definition) is 0. The fraction of sp³-hybridized carbons (Fsp3) is 0.160. The Morgan fingerprint density at radius 1 is 0.786 bits per heavy atom. The predicted molar refractivity (Wildman–Crippen MR) is 113 cm³/mol. The van der Waals surface area contributed by atoms with E-state index in [9.17, 15) is 4.39 Å². The van der Waals surface area contributed by atoms with E-state index in [0.717, 1.165) is 33.7 Å². The van der Waals surface area contributed by atoms with Crippen molar-refractivity contribution in [1.82, 2.24) is 0 Å². The van der Waals surface area contributed by atoms with Gasteiger partial charge in [-0.25, -0.2) is 9.38 Å². The van der Waals surface area contributed by atoms with Gasteiger partial charge in [0.2, 0.25) is 5.90 Å². The van der Waals surface area contributed by atoms with Gasteiger partial charge in [-0.2, -0.15) is 0 Å². The fourth-order valence-corrected chi connectivity index (χ4v) is 3.20. The third-order valence-corrected chi connectivity index (χ3v) is 4.63. The highest BCUT2D eigenvalue weighted by Crippen LogP contribution is 2.42. The molecule has 3 aromatic carbocycles. The number of rotatable bonds is 2. The van der Waals surface area contributed by atoms with E-state index in [-0.39, 0.29) is 11.2 Å². The zero-order valence-corrected chi connectivity index (χ0v) is 16.2. The van der Waals surface area contributed by atoms with Crippen LogP contribution >= 0.6 is 0 Å². The van der Waals surface area contributed by atoms with Crippen molar-refractivity contribution >= 4 is 22.9 Å². The molecule has 28 heavy (non-hydrogen) atoms. The minimum absolute atomic E-state index is 0.247. The van der Waals surface area contributed by atoms with Gasteiger partial charge in [0.1, 0.15) is 11.6 Å². The summed E-state index contributed by atoms with van der Waals surface area (Å²) in [7, 11) is 0. The van der Waals surface area contributed by atoms with Crippen LogP contribution in [0.3, 0.4) is 0 Å². The van der Waals surface area contributed by atoms with Gasteiger partial charge in [0, 0.05) is 16.6 Å². The molecule has 2 nitrogen and oxygen atoms in total. The third-order valence-electron chi connectivity index (χ3n) is 4.63. The number of aliphatic imine (C=N–C) groups is 1. The van der Waals surface area contributed by atoms with Crippen LogP contribution in [0.1, 0.15) is 37.5 Å². The van der Waals surface area contributed by atoms with E-state index in [2.05, 4.69) is 20.8 Å². The molecule has 0 aliphatic carbocycles. The van der Waals surface area contributed by atoms with Crippen LogP contribution < -0.4 is 0 Å². The molecule has 0 radical (unpaired) electrons. The largest absolute Gasteiger partial charge is 0.441 e. The minimum Gasteiger partial charge on any atom is -0.441 e. The molecule has 3 aromatic rings. The molecule has 0 bridgehead atoms. The van der Waals surface area contributed by atoms with Crippen LogP contribution in [0.25, 0.3) is 11.3 Å². The smallest absolute Gasteiger partial charge is 0.200 e. The Bertz CT molecular complexity index is 1060. The lowest BCUT2D eigenvalue weighted by Gasteiger charge is -2.29. The molecular weight excluding hydrogens is 349 g/mol. The van der Waals surface area contributed by atoms with Gasteiger partial charge in [0.25, 0.3) is 0 Å². The molecule has 0 fully saturated rings. The lowest BCUT2D eigenvalue weighted by atomic mass is 9.91. The number of nitrogens with zero attached hydrogens (tertiary/aromatic N) is 1. The number of fused-ring (bicyclic) bond motifs is 1. The first kappa shape index (κ1) is 18.2. The monoisotopic (exact) mass is 371 g/mol. The molecule has 0 atom stereocenters. The minimum atomic E-state index is -0.261. The average molecular weight is 371 g/mol. The summed E-state index contributed by atoms with van der Waals surface area (Å²) in [4.78, 5) is 4.75. The summed E-state index contributed by atoms with van der Waals surface area (Å²) in [6, 6.07) is 24.6. The van der Waals surface area contributed by atoms with Gasteiger partial charge in [-0.05, 0) is 35.4 Å². The molecule has 1 heterocycles. The number of benzene rings is 3. The molecule has 4 rings (SSSR count). The molecular formula is C25H22FNO. The fourth-order valence-electron chi connectivity index (χ4n) is 3.20. The van der Waals surface area contributed by atoms with Crippen molar-refractivity contribution in [1.29, 1.82) is 0 Å². The van der Waals surface area contributed by atoms with Gasteiger partial charge >= 0.3 is 0 Å². The Kier molecular flexibility index (Phi) is 4.60. The van der Waals surface area contributed by atoms with Gasteiger partial charge in [0.05, 0.1) is 5.69 Å². The van der Waals surface area contributed by atoms with Crippen LogP contribution in [0.4, 0.5) is 10.1 Å². The Morgan fingerprint density at radius 3 is 2.07 bits per heavy atom. The summed E-state index contributed by atoms with van der Waals surface area (Å²) in [6.07, 6.45) is 0. The summed E-state index contributed by atoms with van der Waals surface area (Å²) in [5, 5.41) is 0. The standard InChI is InChI=1S/C25H22FNO/c1-25(2,3)24-27-21-12-8-7-11-20(21)23(28-24)22(17-9-5-4-6-10-17)18-13-15-19(26)16-14-18/h4-16H,1-3H3/b23-22+. The normalized spacial score (nSPS) is 15.4. The first-order chi connectivity index (χ1) is 13.4. The average Bonchev–Trinajstić information content (AvgIpc) is 2.69. The maximum atomic E-state index is 13.6. The first-order valence-electron chi connectivity index (χ1n) is 9.35. The van der Waals surface area contributed by atoms with E-state index >= 15 is 0 Å². The molecule has 0 amide bonds. The van der Waals surface area contributed by atoms with E-state index in [1.54, 1.807) is 12.1 Å². The second-order valence-electron chi connectivity index (χ2n) is 7.86. The van der Waals surface area contributed by atoms with E-state index in [1.807, 2.05) is 54.6 Å². The maximum absolute atomic E-state index is 13.6.